The van der Waals surface area contributed by atoms with Crippen LogP contribution in [-0.4, -0.2) is 45.6 Å². The summed E-state index contributed by atoms with van der Waals surface area (Å²) >= 11 is 3.38. The van der Waals surface area contributed by atoms with E-state index in [1.807, 2.05) is 24.3 Å². The molecule has 3 rings (SSSR count). The summed E-state index contributed by atoms with van der Waals surface area (Å²) in [6.45, 7) is 0.476. The van der Waals surface area contributed by atoms with Crippen molar-refractivity contribution in [2.24, 2.45) is 0 Å². The standard InChI is InChI=1S/C16H17BrN4O3/c1-18-15(22)13-12(9-4-6-10(17)7-5-9)19-14(20-13)11-3-2-8-21(11)16(23)24/h4-7,11H,2-3,8H2,1H3,(H,18,22)(H,19,20)(H,23,24). The number of carbonyl (C=O) groups excluding carboxylic acids is 1. The number of halogens is 1. The van der Waals surface area contributed by atoms with E-state index in [4.69, 9.17) is 0 Å². The molecule has 1 aromatic heterocycles. The molecule has 0 bridgehead atoms. The number of likely N-dealkylation sites (tertiary alicyclic amines) is 1. The molecule has 1 aromatic carbocycles. The Balaban J connectivity index is 2.05. The van der Waals surface area contributed by atoms with Crippen molar-refractivity contribution in [3.63, 3.8) is 0 Å². The molecule has 3 N–H and O–H groups in total. The number of H-pyrrole nitrogens is 1. The van der Waals surface area contributed by atoms with E-state index in [0.717, 1.165) is 16.5 Å². The molecule has 1 fully saturated rings. The zero-order valence-corrected chi connectivity index (χ0v) is 14.6. The highest BCUT2D eigenvalue weighted by atomic mass is 79.9. The van der Waals surface area contributed by atoms with Crippen molar-refractivity contribution in [1.29, 1.82) is 0 Å². The zero-order valence-electron chi connectivity index (χ0n) is 13.0. The van der Waals surface area contributed by atoms with Gasteiger partial charge in [0.05, 0.1) is 6.04 Å². The van der Waals surface area contributed by atoms with Crippen molar-refractivity contribution in [3.8, 4) is 11.3 Å². The summed E-state index contributed by atoms with van der Waals surface area (Å²) in [5.74, 6) is 0.220. The van der Waals surface area contributed by atoms with Gasteiger partial charge in [-0.25, -0.2) is 9.78 Å². The van der Waals surface area contributed by atoms with Gasteiger partial charge in [-0.05, 0) is 25.0 Å². The van der Waals surface area contributed by atoms with Crippen LogP contribution < -0.4 is 5.32 Å². The van der Waals surface area contributed by atoms with Crippen molar-refractivity contribution < 1.29 is 14.7 Å². The Bertz CT molecular complexity index is 772. The molecule has 2 amide bonds. The van der Waals surface area contributed by atoms with Crippen LogP contribution in [0.25, 0.3) is 11.3 Å². The third-order valence-electron chi connectivity index (χ3n) is 4.11. The van der Waals surface area contributed by atoms with Gasteiger partial charge in [-0.3, -0.25) is 9.69 Å². The third kappa shape index (κ3) is 3.01. The lowest BCUT2D eigenvalue weighted by molar-refractivity contribution is 0.0959. The number of hydrogen-bond acceptors (Lipinski definition) is 3. The number of aromatic amines is 1. The maximum atomic E-state index is 12.2. The summed E-state index contributed by atoms with van der Waals surface area (Å²) in [5, 5.41) is 11.9. The Morgan fingerprint density at radius 1 is 1.38 bits per heavy atom. The molecule has 7 nitrogen and oxygen atoms in total. The Morgan fingerprint density at radius 2 is 2.08 bits per heavy atom. The highest BCUT2D eigenvalue weighted by Crippen LogP contribution is 2.33. The van der Waals surface area contributed by atoms with Gasteiger partial charge in [-0.2, -0.15) is 0 Å². The average Bonchev–Trinajstić information content (AvgIpc) is 3.21. The van der Waals surface area contributed by atoms with Gasteiger partial charge in [0.1, 0.15) is 17.2 Å². The first-order chi connectivity index (χ1) is 11.5. The van der Waals surface area contributed by atoms with E-state index in [9.17, 15) is 14.7 Å². The lowest BCUT2D eigenvalue weighted by atomic mass is 10.1. The van der Waals surface area contributed by atoms with Gasteiger partial charge in [0.15, 0.2) is 0 Å². The SMILES string of the molecule is CNC(=O)c1[nH]c(C2CCCN2C(=O)O)nc1-c1ccc(Br)cc1. The second kappa shape index (κ2) is 6.64. The first-order valence-corrected chi connectivity index (χ1v) is 8.38. The molecular formula is C16H17BrN4O3. The van der Waals surface area contributed by atoms with Gasteiger partial charge in [0, 0.05) is 23.6 Å². The van der Waals surface area contributed by atoms with Gasteiger partial charge in [0.25, 0.3) is 5.91 Å². The molecule has 0 saturated carbocycles. The van der Waals surface area contributed by atoms with Crippen LogP contribution in [0.2, 0.25) is 0 Å². The highest BCUT2D eigenvalue weighted by Gasteiger charge is 2.33. The fraction of sp³-hybridized carbons (Fsp3) is 0.312. The van der Waals surface area contributed by atoms with Crippen LogP contribution in [0.15, 0.2) is 28.7 Å². The molecule has 1 aliphatic heterocycles. The molecule has 0 spiro atoms. The van der Waals surface area contributed by atoms with Crippen LogP contribution in [-0.2, 0) is 0 Å². The van der Waals surface area contributed by atoms with Gasteiger partial charge in [0.2, 0.25) is 0 Å². The molecule has 0 aliphatic carbocycles. The largest absolute Gasteiger partial charge is 0.465 e. The summed E-state index contributed by atoms with van der Waals surface area (Å²) < 4.78 is 0.927. The number of hydrogen-bond donors (Lipinski definition) is 3. The van der Waals surface area contributed by atoms with Crippen LogP contribution in [0.3, 0.4) is 0 Å². The number of nitrogens with one attached hydrogen (secondary N) is 2. The molecule has 1 saturated heterocycles. The topological polar surface area (TPSA) is 98.3 Å². The highest BCUT2D eigenvalue weighted by molar-refractivity contribution is 9.10. The van der Waals surface area contributed by atoms with Gasteiger partial charge >= 0.3 is 6.09 Å². The number of amides is 2. The molecule has 2 heterocycles. The third-order valence-corrected chi connectivity index (χ3v) is 4.64. The molecule has 8 heteroatoms. The summed E-state index contributed by atoms with van der Waals surface area (Å²) in [6.07, 6.45) is 0.494. The van der Waals surface area contributed by atoms with Gasteiger partial charge in [-0.1, -0.05) is 28.1 Å². The summed E-state index contributed by atoms with van der Waals surface area (Å²) in [4.78, 5) is 32.5. The number of benzene rings is 1. The number of imidazole rings is 1. The summed E-state index contributed by atoms with van der Waals surface area (Å²) in [6, 6.07) is 7.11. The molecular weight excluding hydrogens is 376 g/mol. The Morgan fingerprint density at radius 3 is 2.71 bits per heavy atom. The molecule has 1 atom stereocenters. The van der Waals surface area contributed by atoms with Crippen LogP contribution in [0.1, 0.15) is 35.2 Å². The second-order valence-electron chi connectivity index (χ2n) is 5.57. The Labute approximate surface area is 147 Å². The molecule has 0 radical (unpaired) electrons. The van der Waals surface area contributed by atoms with Gasteiger partial charge in [-0.15, -0.1) is 0 Å². The van der Waals surface area contributed by atoms with Crippen molar-refractivity contribution >= 4 is 27.9 Å². The fourth-order valence-corrected chi connectivity index (χ4v) is 3.20. The van der Waals surface area contributed by atoms with E-state index >= 15 is 0 Å². The predicted molar refractivity (Wildman–Crippen MR) is 91.8 cm³/mol. The first kappa shape index (κ1) is 16.5. The number of carbonyl (C=O) groups is 2. The lowest BCUT2D eigenvalue weighted by Gasteiger charge is -2.19. The van der Waals surface area contributed by atoms with Gasteiger partial charge < -0.3 is 15.4 Å². The van der Waals surface area contributed by atoms with Crippen molar-refractivity contribution in [2.75, 3.05) is 13.6 Å². The normalized spacial score (nSPS) is 17.1. The second-order valence-corrected chi connectivity index (χ2v) is 6.48. The minimum atomic E-state index is -0.972. The minimum Gasteiger partial charge on any atom is -0.465 e. The number of aromatic nitrogens is 2. The van der Waals surface area contributed by atoms with Crippen LogP contribution in [0.4, 0.5) is 4.79 Å². The molecule has 1 aliphatic rings. The number of carboxylic acid groups (broad SMARTS) is 1. The van der Waals surface area contributed by atoms with Crippen molar-refractivity contribution in [3.05, 3.63) is 40.3 Å². The summed E-state index contributed by atoms with van der Waals surface area (Å²) in [5.41, 5.74) is 1.65. The van der Waals surface area contributed by atoms with Crippen LogP contribution >= 0.6 is 15.9 Å². The maximum absolute atomic E-state index is 12.2. The minimum absolute atomic E-state index is 0.286. The van der Waals surface area contributed by atoms with E-state index in [2.05, 4.69) is 31.2 Å². The smallest absolute Gasteiger partial charge is 0.407 e. The van der Waals surface area contributed by atoms with Crippen LogP contribution in [0, 0.1) is 0 Å². The number of rotatable bonds is 3. The zero-order chi connectivity index (χ0) is 17.3. The van der Waals surface area contributed by atoms with Crippen LogP contribution in [0.5, 0.6) is 0 Å². The Hall–Kier alpha value is -2.35. The fourth-order valence-electron chi connectivity index (χ4n) is 2.94. The van der Waals surface area contributed by atoms with Crippen molar-refractivity contribution in [2.45, 2.75) is 18.9 Å². The maximum Gasteiger partial charge on any atom is 0.407 e. The van der Waals surface area contributed by atoms with Crippen molar-refractivity contribution in [1.82, 2.24) is 20.2 Å². The molecule has 24 heavy (non-hydrogen) atoms. The molecule has 1 unspecified atom stereocenters. The molecule has 2 aromatic rings. The van der Waals surface area contributed by atoms with E-state index in [0.29, 0.717) is 30.2 Å². The quantitative estimate of drug-likeness (QED) is 0.747. The summed E-state index contributed by atoms with van der Waals surface area (Å²) in [7, 11) is 1.55. The monoisotopic (exact) mass is 392 g/mol. The lowest BCUT2D eigenvalue weighted by Crippen LogP contribution is -2.29. The first-order valence-electron chi connectivity index (χ1n) is 7.58. The van der Waals surface area contributed by atoms with E-state index in [1.165, 1.54) is 4.90 Å². The predicted octanol–water partition coefficient (Wildman–Crippen LogP) is 3.01. The Kier molecular flexibility index (Phi) is 4.57. The van der Waals surface area contributed by atoms with E-state index in [1.54, 1.807) is 7.05 Å². The van der Waals surface area contributed by atoms with E-state index < -0.39 is 6.09 Å². The molecule has 126 valence electrons. The number of nitrogens with zero attached hydrogens (tertiary/aromatic N) is 2. The van der Waals surface area contributed by atoms with E-state index in [-0.39, 0.29) is 11.9 Å². The average molecular weight is 393 g/mol.